The number of esters is 1. The molecular weight excluding hydrogens is 300 g/mol. The number of benzene rings is 1. The second-order valence-corrected chi connectivity index (χ2v) is 7.25. The van der Waals surface area contributed by atoms with Crippen LogP contribution in [0.25, 0.3) is 0 Å². The summed E-state index contributed by atoms with van der Waals surface area (Å²) < 4.78 is 6.07. The van der Waals surface area contributed by atoms with Crippen molar-refractivity contribution in [1.29, 1.82) is 0 Å². The topological polar surface area (TPSA) is 32.8 Å². The van der Waals surface area contributed by atoms with Crippen LogP contribution in [0.4, 0.5) is 0 Å². The molecule has 1 aliphatic heterocycles. The zero-order valence-electron chi connectivity index (χ0n) is 15.1. The average Bonchev–Trinajstić information content (AvgIpc) is 2.59. The Hall–Kier alpha value is -1.39. The molecular formula is C20H30N2O2. The fourth-order valence-corrected chi connectivity index (χ4v) is 4.68. The van der Waals surface area contributed by atoms with Crippen molar-refractivity contribution in [1.82, 2.24) is 9.80 Å². The van der Waals surface area contributed by atoms with Crippen LogP contribution in [0.5, 0.6) is 0 Å². The molecule has 1 saturated carbocycles. The van der Waals surface area contributed by atoms with Crippen LogP contribution in [0, 0.1) is 11.8 Å². The fraction of sp³-hybridized carbons (Fsp3) is 0.650. The van der Waals surface area contributed by atoms with E-state index < -0.39 is 0 Å². The first kappa shape index (κ1) is 17.4. The highest BCUT2D eigenvalue weighted by atomic mass is 16.5. The van der Waals surface area contributed by atoms with Crippen molar-refractivity contribution < 1.29 is 9.53 Å². The first-order valence-corrected chi connectivity index (χ1v) is 9.32. The standard InChI is InChI=1S/C20H30N2O2/c1-4-22(5-2)18-12-11-16-13-21(3)14-17(18)19(16)24-20(23)15-9-7-6-8-10-15/h6-10,16-19H,4-5,11-14H2,1-3H3/t16?,17?,18-,19-/m1/s1. The van der Waals surface area contributed by atoms with Gasteiger partial charge >= 0.3 is 5.97 Å². The largest absolute Gasteiger partial charge is 0.458 e. The molecule has 1 heterocycles. The molecule has 132 valence electrons. The van der Waals surface area contributed by atoms with Crippen LogP contribution < -0.4 is 0 Å². The summed E-state index contributed by atoms with van der Waals surface area (Å²) in [4.78, 5) is 17.6. The molecule has 1 aromatic rings. The van der Waals surface area contributed by atoms with Crippen LogP contribution in [0.15, 0.2) is 30.3 Å². The van der Waals surface area contributed by atoms with Crippen molar-refractivity contribution in [3.8, 4) is 0 Å². The number of hydrogen-bond acceptors (Lipinski definition) is 4. The Labute approximate surface area is 145 Å². The fourth-order valence-electron chi connectivity index (χ4n) is 4.68. The first-order chi connectivity index (χ1) is 11.6. The summed E-state index contributed by atoms with van der Waals surface area (Å²) in [6.07, 6.45) is 2.42. The highest BCUT2D eigenvalue weighted by Crippen LogP contribution is 2.39. The van der Waals surface area contributed by atoms with Crippen molar-refractivity contribution in [2.24, 2.45) is 11.8 Å². The predicted octanol–water partition coefficient (Wildman–Crippen LogP) is 2.89. The number of hydrogen-bond donors (Lipinski definition) is 0. The van der Waals surface area contributed by atoms with E-state index in [0.717, 1.165) is 32.6 Å². The number of rotatable bonds is 5. The van der Waals surface area contributed by atoms with E-state index in [4.69, 9.17) is 4.74 Å². The van der Waals surface area contributed by atoms with Gasteiger partial charge in [-0.25, -0.2) is 4.79 Å². The lowest BCUT2D eigenvalue weighted by Crippen LogP contribution is -2.60. The van der Waals surface area contributed by atoms with Crippen LogP contribution in [-0.4, -0.2) is 61.1 Å². The molecule has 1 saturated heterocycles. The number of nitrogens with zero attached hydrogens (tertiary/aromatic N) is 2. The van der Waals surface area contributed by atoms with Gasteiger partial charge in [-0.3, -0.25) is 0 Å². The van der Waals surface area contributed by atoms with Crippen molar-refractivity contribution in [3.05, 3.63) is 35.9 Å². The molecule has 0 aromatic heterocycles. The van der Waals surface area contributed by atoms with Gasteiger partial charge in [-0.2, -0.15) is 0 Å². The molecule has 3 rings (SSSR count). The second kappa shape index (κ2) is 7.66. The van der Waals surface area contributed by atoms with Crippen LogP contribution >= 0.6 is 0 Å². The molecule has 1 aromatic carbocycles. The van der Waals surface area contributed by atoms with Crippen molar-refractivity contribution in [3.63, 3.8) is 0 Å². The Morgan fingerprint density at radius 3 is 2.54 bits per heavy atom. The predicted molar refractivity (Wildman–Crippen MR) is 96.1 cm³/mol. The number of carbonyl (C=O) groups is 1. The molecule has 2 bridgehead atoms. The quantitative estimate of drug-likeness (QED) is 0.777. The molecule has 2 aliphatic rings. The van der Waals surface area contributed by atoms with Crippen molar-refractivity contribution in [2.75, 3.05) is 33.2 Å². The van der Waals surface area contributed by atoms with Gasteiger partial charge in [0.15, 0.2) is 0 Å². The van der Waals surface area contributed by atoms with E-state index in [-0.39, 0.29) is 12.1 Å². The second-order valence-electron chi connectivity index (χ2n) is 7.25. The highest BCUT2D eigenvalue weighted by molar-refractivity contribution is 5.89. The van der Waals surface area contributed by atoms with Gasteiger partial charge in [-0.15, -0.1) is 0 Å². The summed E-state index contributed by atoms with van der Waals surface area (Å²) >= 11 is 0. The summed E-state index contributed by atoms with van der Waals surface area (Å²) in [6, 6.07) is 9.92. The van der Waals surface area contributed by atoms with E-state index in [1.165, 1.54) is 6.42 Å². The Morgan fingerprint density at radius 2 is 1.88 bits per heavy atom. The molecule has 4 heteroatoms. The Bertz CT molecular complexity index is 544. The summed E-state index contributed by atoms with van der Waals surface area (Å²) in [6.45, 7) is 8.63. The van der Waals surface area contributed by atoms with E-state index in [0.29, 0.717) is 23.4 Å². The van der Waals surface area contributed by atoms with Crippen LogP contribution in [0.1, 0.15) is 37.0 Å². The number of likely N-dealkylation sites (tertiary alicyclic amines) is 1. The third-order valence-electron chi connectivity index (χ3n) is 5.82. The van der Waals surface area contributed by atoms with Gasteiger partial charge in [0.05, 0.1) is 5.56 Å². The molecule has 4 atom stereocenters. The first-order valence-electron chi connectivity index (χ1n) is 9.32. The minimum Gasteiger partial charge on any atom is -0.458 e. The third kappa shape index (κ3) is 3.50. The lowest BCUT2D eigenvalue weighted by molar-refractivity contribution is -0.0924. The Balaban J connectivity index is 1.78. The Kier molecular flexibility index (Phi) is 5.57. The van der Waals surface area contributed by atoms with Gasteiger partial charge in [0, 0.05) is 31.0 Å². The van der Waals surface area contributed by atoms with Crippen LogP contribution in [0.3, 0.4) is 0 Å². The number of ether oxygens (including phenoxy) is 1. The lowest BCUT2D eigenvalue weighted by atomic mass is 9.71. The smallest absolute Gasteiger partial charge is 0.338 e. The molecule has 0 radical (unpaired) electrons. The zero-order valence-corrected chi connectivity index (χ0v) is 15.1. The minimum absolute atomic E-state index is 0.0493. The van der Waals surface area contributed by atoms with Gasteiger partial charge in [-0.05, 0) is 45.1 Å². The van der Waals surface area contributed by atoms with Gasteiger partial charge in [0.2, 0.25) is 0 Å². The molecule has 4 nitrogen and oxygen atoms in total. The molecule has 0 spiro atoms. The monoisotopic (exact) mass is 330 g/mol. The summed E-state index contributed by atoms with van der Waals surface area (Å²) in [5.74, 6) is 0.712. The molecule has 2 fully saturated rings. The van der Waals surface area contributed by atoms with E-state index in [9.17, 15) is 4.79 Å². The summed E-state index contributed by atoms with van der Waals surface area (Å²) in [7, 11) is 2.19. The highest BCUT2D eigenvalue weighted by Gasteiger charge is 2.47. The maximum Gasteiger partial charge on any atom is 0.338 e. The number of piperidine rings is 1. The number of carbonyl (C=O) groups excluding carboxylic acids is 1. The van der Waals surface area contributed by atoms with Crippen LogP contribution in [0.2, 0.25) is 0 Å². The van der Waals surface area contributed by atoms with Gasteiger partial charge in [0.1, 0.15) is 6.10 Å². The molecule has 2 unspecified atom stereocenters. The van der Waals surface area contributed by atoms with Gasteiger partial charge < -0.3 is 14.5 Å². The van der Waals surface area contributed by atoms with Crippen molar-refractivity contribution >= 4 is 5.97 Å². The van der Waals surface area contributed by atoms with E-state index in [1.54, 1.807) is 0 Å². The number of fused-ring (bicyclic) bond motifs is 2. The SMILES string of the molecule is CCN(CC)[C@@H]1CCC2CN(C)CC1[C@@H]2OC(=O)c1ccccc1. The average molecular weight is 330 g/mol. The lowest BCUT2D eigenvalue weighted by Gasteiger charge is -2.51. The normalized spacial score (nSPS) is 30.3. The third-order valence-corrected chi connectivity index (χ3v) is 5.82. The zero-order chi connectivity index (χ0) is 17.1. The maximum absolute atomic E-state index is 12.6. The summed E-state index contributed by atoms with van der Waals surface area (Å²) in [5, 5.41) is 0. The summed E-state index contributed by atoms with van der Waals surface area (Å²) in [5.41, 5.74) is 0.661. The molecule has 1 aliphatic carbocycles. The molecule has 24 heavy (non-hydrogen) atoms. The van der Waals surface area contributed by atoms with Gasteiger partial charge in [-0.1, -0.05) is 32.0 Å². The molecule has 0 N–H and O–H groups in total. The van der Waals surface area contributed by atoms with E-state index in [1.807, 2.05) is 30.3 Å². The Morgan fingerprint density at radius 1 is 1.17 bits per heavy atom. The van der Waals surface area contributed by atoms with Gasteiger partial charge in [0.25, 0.3) is 0 Å². The van der Waals surface area contributed by atoms with Crippen molar-refractivity contribution in [2.45, 2.75) is 38.8 Å². The van der Waals surface area contributed by atoms with E-state index in [2.05, 4.69) is 30.7 Å². The van der Waals surface area contributed by atoms with Crippen LogP contribution in [-0.2, 0) is 4.74 Å². The minimum atomic E-state index is -0.166. The molecule has 0 amide bonds. The van der Waals surface area contributed by atoms with E-state index >= 15 is 0 Å². The maximum atomic E-state index is 12.6.